The third-order valence-electron chi connectivity index (χ3n) is 3.55. The van der Waals surface area contributed by atoms with Gasteiger partial charge in [0.15, 0.2) is 0 Å². The Kier molecular flexibility index (Phi) is 5.68. The number of rotatable bonds is 6. The Bertz CT molecular complexity index is 697. The predicted octanol–water partition coefficient (Wildman–Crippen LogP) is 3.87. The van der Waals surface area contributed by atoms with Crippen molar-refractivity contribution < 1.29 is 4.79 Å². The van der Waals surface area contributed by atoms with Crippen LogP contribution in [0.1, 0.15) is 47.2 Å². The summed E-state index contributed by atoms with van der Waals surface area (Å²) in [7, 11) is 0. The molecule has 0 aliphatic rings. The molecule has 0 fully saturated rings. The van der Waals surface area contributed by atoms with Crippen molar-refractivity contribution >= 4 is 17.4 Å². The number of amides is 1. The van der Waals surface area contributed by atoms with Gasteiger partial charge in [-0.05, 0) is 44.4 Å². The fourth-order valence-corrected chi connectivity index (χ4v) is 2.22. The first-order valence-corrected chi connectivity index (χ1v) is 7.97. The minimum absolute atomic E-state index is 0.220. The first kappa shape index (κ1) is 16.9. The van der Waals surface area contributed by atoms with E-state index in [1.54, 1.807) is 13.0 Å². The lowest BCUT2D eigenvalue weighted by Gasteiger charge is -2.11. The van der Waals surface area contributed by atoms with E-state index in [2.05, 4.69) is 27.5 Å². The molecule has 1 aromatic carbocycles. The molecule has 1 heterocycles. The van der Waals surface area contributed by atoms with Gasteiger partial charge in [0, 0.05) is 18.3 Å². The molecular formula is C18H24N4O. The molecule has 122 valence electrons. The molecule has 0 aliphatic carbocycles. The summed E-state index contributed by atoms with van der Waals surface area (Å²) < 4.78 is 0. The first-order chi connectivity index (χ1) is 11.0. The van der Waals surface area contributed by atoms with Crippen LogP contribution in [0.3, 0.4) is 0 Å². The molecule has 0 bridgehead atoms. The van der Waals surface area contributed by atoms with E-state index in [0.29, 0.717) is 17.3 Å². The highest BCUT2D eigenvalue weighted by atomic mass is 16.1. The third-order valence-corrected chi connectivity index (χ3v) is 3.55. The van der Waals surface area contributed by atoms with Crippen LogP contribution in [0.25, 0.3) is 0 Å². The molecule has 5 nitrogen and oxygen atoms in total. The lowest BCUT2D eigenvalue weighted by Crippen LogP contribution is -2.16. The van der Waals surface area contributed by atoms with Crippen LogP contribution in [0.5, 0.6) is 0 Å². The minimum atomic E-state index is -0.220. The van der Waals surface area contributed by atoms with E-state index in [1.807, 2.05) is 32.0 Å². The molecular weight excluding hydrogens is 288 g/mol. The second-order valence-electron chi connectivity index (χ2n) is 5.74. The zero-order valence-electron chi connectivity index (χ0n) is 14.2. The van der Waals surface area contributed by atoms with Crippen molar-refractivity contribution in [3.63, 3.8) is 0 Å². The molecule has 0 aliphatic heterocycles. The van der Waals surface area contributed by atoms with E-state index in [-0.39, 0.29) is 5.91 Å². The van der Waals surface area contributed by atoms with Crippen LogP contribution in [0.15, 0.2) is 24.3 Å². The lowest BCUT2D eigenvalue weighted by molar-refractivity contribution is 0.102. The van der Waals surface area contributed by atoms with Crippen LogP contribution < -0.4 is 10.6 Å². The number of nitrogens with zero attached hydrogens (tertiary/aromatic N) is 2. The Labute approximate surface area is 137 Å². The molecule has 1 amide bonds. The largest absolute Gasteiger partial charge is 0.370 e. The zero-order chi connectivity index (χ0) is 16.8. The molecule has 2 aromatic rings. The topological polar surface area (TPSA) is 66.9 Å². The summed E-state index contributed by atoms with van der Waals surface area (Å²) in [5.41, 5.74) is 3.31. The summed E-state index contributed by atoms with van der Waals surface area (Å²) in [5.74, 6) is 1.05. The van der Waals surface area contributed by atoms with E-state index in [1.165, 1.54) is 0 Å². The van der Waals surface area contributed by atoms with Crippen LogP contribution in [0, 0.1) is 20.8 Å². The summed E-state index contributed by atoms with van der Waals surface area (Å²) in [6.07, 6.45) is 2.17. The molecule has 2 rings (SSSR count). The molecule has 1 aromatic heterocycles. The summed E-state index contributed by atoms with van der Waals surface area (Å²) in [6, 6.07) is 7.67. The van der Waals surface area contributed by atoms with Gasteiger partial charge in [-0.3, -0.25) is 4.79 Å². The SMILES string of the molecule is CCCCNc1cc(C(=O)Nc2cc(C)ccc2C)nc(C)n1. The Balaban J connectivity index is 2.16. The Hall–Kier alpha value is -2.43. The van der Waals surface area contributed by atoms with Gasteiger partial charge >= 0.3 is 0 Å². The highest BCUT2D eigenvalue weighted by molar-refractivity contribution is 6.03. The van der Waals surface area contributed by atoms with Crippen LogP contribution in [0.4, 0.5) is 11.5 Å². The van der Waals surface area contributed by atoms with Gasteiger partial charge in [-0.25, -0.2) is 9.97 Å². The smallest absolute Gasteiger partial charge is 0.274 e. The number of anilines is 2. The van der Waals surface area contributed by atoms with Gasteiger partial charge in [0.05, 0.1) is 0 Å². The number of hydrogen-bond acceptors (Lipinski definition) is 4. The second-order valence-corrected chi connectivity index (χ2v) is 5.74. The van der Waals surface area contributed by atoms with Gasteiger partial charge in [-0.2, -0.15) is 0 Å². The number of carbonyl (C=O) groups excluding carboxylic acids is 1. The van der Waals surface area contributed by atoms with Crippen molar-refractivity contribution in [3.8, 4) is 0 Å². The number of nitrogens with one attached hydrogen (secondary N) is 2. The summed E-state index contributed by atoms with van der Waals surface area (Å²) in [6.45, 7) is 8.73. The molecule has 0 saturated heterocycles. The van der Waals surface area contributed by atoms with Gasteiger partial charge in [-0.1, -0.05) is 25.5 Å². The van der Waals surface area contributed by atoms with E-state index >= 15 is 0 Å². The maximum absolute atomic E-state index is 12.5. The average Bonchev–Trinajstić information content (AvgIpc) is 2.50. The standard InChI is InChI=1S/C18H24N4O/c1-5-6-9-19-17-11-16(20-14(4)21-17)18(23)22-15-10-12(2)7-8-13(15)3/h7-8,10-11H,5-6,9H2,1-4H3,(H,22,23)(H,19,20,21). The van der Waals surface area contributed by atoms with E-state index in [0.717, 1.165) is 36.2 Å². The quantitative estimate of drug-likeness (QED) is 0.795. The number of hydrogen-bond donors (Lipinski definition) is 2. The van der Waals surface area contributed by atoms with Crippen LogP contribution in [-0.4, -0.2) is 22.4 Å². The number of aryl methyl sites for hydroxylation is 3. The highest BCUT2D eigenvalue weighted by Crippen LogP contribution is 2.17. The highest BCUT2D eigenvalue weighted by Gasteiger charge is 2.12. The normalized spacial score (nSPS) is 10.4. The Morgan fingerprint density at radius 2 is 1.91 bits per heavy atom. The van der Waals surface area contributed by atoms with Crippen LogP contribution in [0.2, 0.25) is 0 Å². The summed E-state index contributed by atoms with van der Waals surface area (Å²) >= 11 is 0. The molecule has 0 saturated carbocycles. The third kappa shape index (κ3) is 4.77. The molecule has 0 unspecified atom stereocenters. The van der Waals surface area contributed by atoms with Crippen molar-refractivity contribution in [2.75, 3.05) is 17.2 Å². The summed E-state index contributed by atoms with van der Waals surface area (Å²) in [4.78, 5) is 21.1. The Morgan fingerprint density at radius 3 is 2.65 bits per heavy atom. The summed E-state index contributed by atoms with van der Waals surface area (Å²) in [5, 5.41) is 6.17. The molecule has 0 atom stereocenters. The molecule has 0 spiro atoms. The van der Waals surface area contributed by atoms with Crippen molar-refractivity contribution in [2.45, 2.75) is 40.5 Å². The van der Waals surface area contributed by atoms with Crippen molar-refractivity contribution in [1.29, 1.82) is 0 Å². The monoisotopic (exact) mass is 312 g/mol. The van der Waals surface area contributed by atoms with Crippen molar-refractivity contribution in [1.82, 2.24) is 9.97 Å². The fourth-order valence-electron chi connectivity index (χ4n) is 2.22. The van der Waals surface area contributed by atoms with Gasteiger partial charge in [0.1, 0.15) is 17.3 Å². The number of benzene rings is 1. The first-order valence-electron chi connectivity index (χ1n) is 7.97. The molecule has 0 radical (unpaired) electrons. The second kappa shape index (κ2) is 7.72. The van der Waals surface area contributed by atoms with E-state index in [9.17, 15) is 4.79 Å². The minimum Gasteiger partial charge on any atom is -0.370 e. The van der Waals surface area contributed by atoms with Crippen LogP contribution in [-0.2, 0) is 0 Å². The maximum Gasteiger partial charge on any atom is 0.274 e. The van der Waals surface area contributed by atoms with Gasteiger partial charge in [-0.15, -0.1) is 0 Å². The number of unbranched alkanes of at least 4 members (excludes halogenated alkanes) is 1. The van der Waals surface area contributed by atoms with Crippen molar-refractivity contribution in [2.24, 2.45) is 0 Å². The van der Waals surface area contributed by atoms with Crippen LogP contribution >= 0.6 is 0 Å². The number of carbonyl (C=O) groups is 1. The predicted molar refractivity (Wildman–Crippen MR) is 94.0 cm³/mol. The maximum atomic E-state index is 12.5. The van der Waals surface area contributed by atoms with Crippen molar-refractivity contribution in [3.05, 3.63) is 46.9 Å². The lowest BCUT2D eigenvalue weighted by atomic mass is 10.1. The molecule has 5 heteroatoms. The van der Waals surface area contributed by atoms with E-state index < -0.39 is 0 Å². The molecule has 2 N–H and O–H groups in total. The van der Waals surface area contributed by atoms with Gasteiger partial charge in [0.2, 0.25) is 0 Å². The zero-order valence-corrected chi connectivity index (χ0v) is 14.2. The fraction of sp³-hybridized carbons (Fsp3) is 0.389. The Morgan fingerprint density at radius 1 is 1.13 bits per heavy atom. The average molecular weight is 312 g/mol. The van der Waals surface area contributed by atoms with Gasteiger partial charge in [0.25, 0.3) is 5.91 Å². The number of aromatic nitrogens is 2. The van der Waals surface area contributed by atoms with E-state index in [4.69, 9.17) is 0 Å². The van der Waals surface area contributed by atoms with Gasteiger partial charge < -0.3 is 10.6 Å². The molecule has 23 heavy (non-hydrogen) atoms.